The quantitative estimate of drug-likeness (QED) is 0.206. The molecule has 0 fully saturated rings. The van der Waals surface area contributed by atoms with Crippen molar-refractivity contribution in [3.8, 4) is 22.8 Å². The fourth-order valence-corrected chi connectivity index (χ4v) is 3.49. The van der Waals surface area contributed by atoms with Crippen LogP contribution in [0.2, 0.25) is 0 Å². The lowest BCUT2D eigenvalue weighted by Crippen LogP contribution is -2.05. The summed E-state index contributed by atoms with van der Waals surface area (Å²) in [6, 6.07) is 8.03. The summed E-state index contributed by atoms with van der Waals surface area (Å²) in [6.45, 7) is 25.8. The van der Waals surface area contributed by atoms with Gasteiger partial charge in [0.05, 0.1) is 12.8 Å². The predicted molar refractivity (Wildman–Crippen MR) is 191 cm³/mol. The standard InChI is InChI=1S/C17H18N4O.C8H12N2.C5H8.C3H8O.2C2H6/c1-11-8-14(10-18-9-11)17-20-19-13(3)21(17)16-12(2)6-5-7-15(16)22-4;1-3-4-8-9-5-7(2)6-10-8;1-3-5-4-2;1-2-3-4;2*1-2/h5-10H,1-4H3;5-6H,3-4H2,1-2H3;3-5H,1H2,2H3;4H,2-3H2,1H3;2*1-2H3/b;;5-4-;;;. The third-order valence-corrected chi connectivity index (χ3v) is 5.46. The molecule has 248 valence electrons. The maximum absolute atomic E-state index is 7.88. The molecule has 4 aromatic rings. The number of pyridine rings is 1. The lowest BCUT2D eigenvalue weighted by atomic mass is 10.1. The van der Waals surface area contributed by atoms with Crippen LogP contribution in [0.1, 0.15) is 89.6 Å². The number of para-hydroxylation sites is 1. The van der Waals surface area contributed by atoms with Crippen molar-refractivity contribution >= 4 is 0 Å². The van der Waals surface area contributed by atoms with Crippen LogP contribution in [-0.4, -0.2) is 48.5 Å². The maximum atomic E-state index is 7.88. The average molecular weight is 619 g/mol. The Morgan fingerprint density at radius 2 is 1.51 bits per heavy atom. The van der Waals surface area contributed by atoms with E-state index in [0.29, 0.717) is 6.61 Å². The van der Waals surface area contributed by atoms with Crippen LogP contribution in [0.3, 0.4) is 0 Å². The normalized spacial score (nSPS) is 9.36. The molecule has 4 rings (SSSR count). The molecule has 3 heterocycles. The predicted octanol–water partition coefficient (Wildman–Crippen LogP) is 9.19. The Labute approximate surface area is 273 Å². The Kier molecular flexibility index (Phi) is 26.1. The summed E-state index contributed by atoms with van der Waals surface area (Å²) in [7, 11) is 1.67. The number of aryl methyl sites for hydroxylation is 5. The van der Waals surface area contributed by atoms with Crippen molar-refractivity contribution in [3.63, 3.8) is 0 Å². The van der Waals surface area contributed by atoms with Gasteiger partial charge >= 0.3 is 0 Å². The molecule has 0 aliphatic carbocycles. The van der Waals surface area contributed by atoms with Crippen molar-refractivity contribution in [2.24, 2.45) is 0 Å². The van der Waals surface area contributed by atoms with Crippen molar-refractivity contribution in [1.29, 1.82) is 0 Å². The van der Waals surface area contributed by atoms with Crippen molar-refractivity contribution in [1.82, 2.24) is 29.7 Å². The van der Waals surface area contributed by atoms with E-state index in [9.17, 15) is 0 Å². The molecule has 3 aromatic heterocycles. The van der Waals surface area contributed by atoms with Crippen LogP contribution in [0.25, 0.3) is 17.1 Å². The van der Waals surface area contributed by atoms with E-state index in [-0.39, 0.29) is 0 Å². The van der Waals surface area contributed by atoms with Gasteiger partial charge in [0, 0.05) is 43.4 Å². The summed E-state index contributed by atoms with van der Waals surface area (Å²) in [5, 5.41) is 16.5. The molecular formula is C37H58N6O2. The Morgan fingerprint density at radius 1 is 0.889 bits per heavy atom. The van der Waals surface area contributed by atoms with Gasteiger partial charge in [-0.15, -0.1) is 10.2 Å². The molecule has 8 heteroatoms. The number of allylic oxidation sites excluding steroid dienone is 3. The molecule has 0 aliphatic heterocycles. The third-order valence-electron chi connectivity index (χ3n) is 5.46. The first-order valence-corrected chi connectivity index (χ1v) is 15.9. The number of benzene rings is 1. The summed E-state index contributed by atoms with van der Waals surface area (Å²) in [4.78, 5) is 12.6. The maximum Gasteiger partial charge on any atom is 0.170 e. The molecule has 0 bridgehead atoms. The fourth-order valence-electron chi connectivity index (χ4n) is 3.49. The average Bonchev–Trinajstić information content (AvgIpc) is 3.45. The number of hydrogen-bond donors (Lipinski definition) is 1. The molecule has 0 saturated heterocycles. The zero-order chi connectivity index (χ0) is 34.6. The summed E-state index contributed by atoms with van der Waals surface area (Å²) in [5.41, 5.74) is 5.21. The van der Waals surface area contributed by atoms with Crippen LogP contribution in [0.5, 0.6) is 5.75 Å². The van der Waals surface area contributed by atoms with E-state index in [1.54, 1.807) is 19.4 Å². The summed E-state index contributed by atoms with van der Waals surface area (Å²) in [5.74, 6) is 3.32. The number of nitrogens with zero attached hydrogens (tertiary/aromatic N) is 6. The molecule has 45 heavy (non-hydrogen) atoms. The zero-order valence-electron chi connectivity index (χ0n) is 29.9. The summed E-state index contributed by atoms with van der Waals surface area (Å²) < 4.78 is 7.55. The second kappa shape index (κ2) is 27.4. The minimum absolute atomic E-state index is 0.319. The molecule has 0 aliphatic rings. The van der Waals surface area contributed by atoms with E-state index in [2.05, 4.69) is 57.7 Å². The Hall–Kier alpha value is -4.17. The monoisotopic (exact) mass is 618 g/mol. The number of methoxy groups -OCH3 is 1. The van der Waals surface area contributed by atoms with Gasteiger partial charge in [-0.05, 0) is 76.3 Å². The van der Waals surface area contributed by atoms with Crippen molar-refractivity contribution < 1.29 is 9.84 Å². The smallest absolute Gasteiger partial charge is 0.170 e. The van der Waals surface area contributed by atoms with Gasteiger partial charge in [0.2, 0.25) is 0 Å². The molecule has 0 amide bonds. The Bertz CT molecular complexity index is 1330. The summed E-state index contributed by atoms with van der Waals surface area (Å²) >= 11 is 0. The molecule has 1 aromatic carbocycles. The van der Waals surface area contributed by atoms with Gasteiger partial charge in [-0.1, -0.05) is 78.5 Å². The van der Waals surface area contributed by atoms with Gasteiger partial charge < -0.3 is 9.84 Å². The molecule has 0 spiro atoms. The van der Waals surface area contributed by atoms with Crippen LogP contribution in [-0.2, 0) is 6.42 Å². The minimum Gasteiger partial charge on any atom is -0.495 e. The number of aliphatic hydroxyl groups is 1. The van der Waals surface area contributed by atoms with Gasteiger partial charge in [0.25, 0.3) is 0 Å². The van der Waals surface area contributed by atoms with Gasteiger partial charge in [-0.25, -0.2) is 9.97 Å². The first-order valence-electron chi connectivity index (χ1n) is 15.9. The van der Waals surface area contributed by atoms with Gasteiger partial charge in [-0.2, -0.15) is 0 Å². The second-order valence-corrected chi connectivity index (χ2v) is 9.19. The molecule has 0 saturated carbocycles. The van der Waals surface area contributed by atoms with E-state index < -0.39 is 0 Å². The highest BCUT2D eigenvalue weighted by Gasteiger charge is 2.18. The zero-order valence-corrected chi connectivity index (χ0v) is 29.9. The van der Waals surface area contributed by atoms with Gasteiger partial charge in [-0.3, -0.25) is 9.55 Å². The third kappa shape index (κ3) is 16.5. The first kappa shape index (κ1) is 43.0. The number of aromatic nitrogens is 6. The SMILES string of the molecule is C=C/C=C\C.CC.CC.CCCO.CCCc1ncc(C)cn1.COc1cccc(C)c1-n1c(C)nnc1-c1cncc(C)c1. The van der Waals surface area contributed by atoms with Crippen LogP contribution in [0.4, 0.5) is 0 Å². The molecule has 0 unspecified atom stereocenters. The topological polar surface area (TPSA) is 98.8 Å². The van der Waals surface area contributed by atoms with Gasteiger partial charge in [0.15, 0.2) is 5.82 Å². The number of aliphatic hydroxyl groups excluding tert-OH is 1. The largest absolute Gasteiger partial charge is 0.495 e. The highest BCUT2D eigenvalue weighted by Crippen LogP contribution is 2.31. The molecule has 1 N–H and O–H groups in total. The second-order valence-electron chi connectivity index (χ2n) is 9.19. The lowest BCUT2D eigenvalue weighted by Gasteiger charge is -2.15. The van der Waals surface area contributed by atoms with Crippen LogP contribution < -0.4 is 4.74 Å². The Balaban J connectivity index is 0. The Morgan fingerprint density at radius 3 is 1.98 bits per heavy atom. The first-order chi connectivity index (χ1) is 21.8. The minimum atomic E-state index is 0.319. The molecule has 0 atom stereocenters. The number of ether oxygens (including phenoxy) is 1. The molecule has 8 nitrogen and oxygen atoms in total. The van der Waals surface area contributed by atoms with E-state index in [4.69, 9.17) is 9.84 Å². The van der Waals surface area contributed by atoms with E-state index >= 15 is 0 Å². The van der Waals surface area contributed by atoms with Crippen molar-refractivity contribution in [3.05, 3.63) is 102 Å². The number of hydrogen-bond acceptors (Lipinski definition) is 7. The molecule has 0 radical (unpaired) electrons. The van der Waals surface area contributed by atoms with Crippen LogP contribution in [0, 0.1) is 27.7 Å². The van der Waals surface area contributed by atoms with Crippen molar-refractivity contribution in [2.75, 3.05) is 13.7 Å². The van der Waals surface area contributed by atoms with E-state index in [1.807, 2.05) is 110 Å². The van der Waals surface area contributed by atoms with Crippen LogP contribution in [0.15, 0.2) is 73.9 Å². The highest BCUT2D eigenvalue weighted by atomic mass is 16.5. The van der Waals surface area contributed by atoms with Crippen molar-refractivity contribution in [2.45, 2.75) is 95.4 Å². The molecular weight excluding hydrogens is 560 g/mol. The van der Waals surface area contributed by atoms with Gasteiger partial charge in [0.1, 0.15) is 17.4 Å². The van der Waals surface area contributed by atoms with Crippen LogP contribution >= 0.6 is 0 Å². The summed E-state index contributed by atoms with van der Waals surface area (Å²) in [6.07, 6.45) is 15.9. The lowest BCUT2D eigenvalue weighted by molar-refractivity contribution is 0.295. The van der Waals surface area contributed by atoms with E-state index in [0.717, 1.165) is 70.4 Å². The number of rotatable bonds is 7. The highest BCUT2D eigenvalue weighted by molar-refractivity contribution is 5.63. The fraction of sp³-hybridized carbons (Fsp3) is 0.432. The van der Waals surface area contributed by atoms with E-state index in [1.165, 1.54) is 0 Å².